The first-order valence-electron chi connectivity index (χ1n) is 5.56. The van der Waals surface area contributed by atoms with Gasteiger partial charge in [0.15, 0.2) is 16.7 Å². The van der Waals surface area contributed by atoms with Gasteiger partial charge in [-0.3, -0.25) is 5.43 Å². The number of nitrogens with zero attached hydrogens (tertiary/aromatic N) is 1. The predicted molar refractivity (Wildman–Crippen MR) is 74.2 cm³/mol. The fraction of sp³-hybridized carbons (Fsp3) is 0.333. The number of rotatable bonds is 5. The molecule has 1 aromatic carbocycles. The molecule has 4 nitrogen and oxygen atoms in total. The molecule has 0 spiro atoms. The van der Waals surface area contributed by atoms with Crippen molar-refractivity contribution in [3.05, 3.63) is 35.4 Å². The topological polar surface area (TPSA) is 45.6 Å². The summed E-state index contributed by atoms with van der Waals surface area (Å²) in [4.78, 5) is 0. The van der Waals surface area contributed by atoms with Crippen molar-refractivity contribution in [3.63, 3.8) is 0 Å². The number of benzene rings is 1. The van der Waals surface area contributed by atoms with Gasteiger partial charge in [0, 0.05) is 13.2 Å². The minimum atomic E-state index is -0.918. The van der Waals surface area contributed by atoms with Crippen LogP contribution >= 0.6 is 12.2 Å². The highest BCUT2D eigenvalue weighted by molar-refractivity contribution is 7.80. The van der Waals surface area contributed by atoms with Crippen LogP contribution < -0.4 is 10.7 Å². The molecule has 2 N–H and O–H groups in total. The predicted octanol–water partition coefficient (Wildman–Crippen LogP) is 1.80. The van der Waals surface area contributed by atoms with Crippen LogP contribution in [0.5, 0.6) is 0 Å². The van der Waals surface area contributed by atoms with Crippen LogP contribution in [0.2, 0.25) is 0 Å². The zero-order valence-electron chi connectivity index (χ0n) is 10.6. The highest BCUT2D eigenvalue weighted by Gasteiger charge is 2.02. The lowest BCUT2D eigenvalue weighted by atomic mass is 10.2. The third-order valence-corrected chi connectivity index (χ3v) is 2.33. The Hall–Kier alpha value is -1.60. The Kier molecular flexibility index (Phi) is 6.31. The Labute approximate surface area is 115 Å². The van der Waals surface area contributed by atoms with E-state index in [1.165, 1.54) is 12.3 Å². The van der Waals surface area contributed by atoms with Gasteiger partial charge in [0.25, 0.3) is 0 Å². The fourth-order valence-electron chi connectivity index (χ4n) is 1.31. The molecule has 0 aliphatic rings. The molecule has 0 bridgehead atoms. The monoisotopic (exact) mass is 287 g/mol. The first-order chi connectivity index (χ1) is 9.02. The number of hydrazone groups is 1. The van der Waals surface area contributed by atoms with Crippen molar-refractivity contribution in [3.8, 4) is 0 Å². The molecule has 0 radical (unpaired) electrons. The minimum absolute atomic E-state index is 0.0449. The maximum absolute atomic E-state index is 12.9. The van der Waals surface area contributed by atoms with Crippen LogP contribution in [0.25, 0.3) is 0 Å². The normalized spacial score (nSPS) is 12.4. The number of nitrogens with one attached hydrogen (secondary N) is 2. The van der Waals surface area contributed by atoms with Crippen LogP contribution in [0.15, 0.2) is 23.3 Å². The standard InChI is InChI=1S/C12H15F2N3OS/c1-8(7-18-2)16-12(19)17-15-6-9-3-4-10(13)11(14)5-9/h3-6,8H,7H2,1-2H3,(H2,16,17,19)/b15-6-/t8-/m0/s1. The van der Waals surface area contributed by atoms with E-state index < -0.39 is 11.6 Å². The minimum Gasteiger partial charge on any atom is -0.383 e. The largest absolute Gasteiger partial charge is 0.383 e. The van der Waals surface area contributed by atoms with Gasteiger partial charge in [-0.25, -0.2) is 8.78 Å². The number of methoxy groups -OCH3 is 1. The molecule has 1 rings (SSSR count). The van der Waals surface area contributed by atoms with E-state index >= 15 is 0 Å². The molecule has 7 heteroatoms. The molecule has 0 unspecified atom stereocenters. The molecule has 0 heterocycles. The molecule has 0 aliphatic carbocycles. The molecule has 1 aromatic rings. The van der Waals surface area contributed by atoms with Gasteiger partial charge >= 0.3 is 0 Å². The van der Waals surface area contributed by atoms with E-state index in [2.05, 4.69) is 15.8 Å². The van der Waals surface area contributed by atoms with Gasteiger partial charge < -0.3 is 10.1 Å². The van der Waals surface area contributed by atoms with Crippen molar-refractivity contribution < 1.29 is 13.5 Å². The zero-order chi connectivity index (χ0) is 14.3. The third-order valence-electron chi connectivity index (χ3n) is 2.12. The van der Waals surface area contributed by atoms with E-state index in [0.29, 0.717) is 17.3 Å². The highest BCUT2D eigenvalue weighted by Crippen LogP contribution is 2.06. The number of hydrogen-bond donors (Lipinski definition) is 2. The van der Waals surface area contributed by atoms with Crippen LogP contribution in [0.1, 0.15) is 12.5 Å². The smallest absolute Gasteiger partial charge is 0.187 e. The number of halogens is 2. The van der Waals surface area contributed by atoms with Gasteiger partial charge in [0.2, 0.25) is 0 Å². The molecule has 19 heavy (non-hydrogen) atoms. The number of hydrogen-bond acceptors (Lipinski definition) is 3. The number of thiocarbonyl (C=S) groups is 1. The van der Waals surface area contributed by atoms with E-state index in [-0.39, 0.29) is 6.04 Å². The average molecular weight is 287 g/mol. The molecule has 104 valence electrons. The van der Waals surface area contributed by atoms with Gasteiger partial charge in [-0.15, -0.1) is 0 Å². The van der Waals surface area contributed by atoms with Crippen LogP contribution in [-0.4, -0.2) is 31.1 Å². The van der Waals surface area contributed by atoms with E-state index in [1.54, 1.807) is 7.11 Å². The van der Waals surface area contributed by atoms with E-state index in [4.69, 9.17) is 17.0 Å². The lowest BCUT2D eigenvalue weighted by Gasteiger charge is -2.13. The first kappa shape index (κ1) is 15.5. The van der Waals surface area contributed by atoms with Crippen molar-refractivity contribution in [2.24, 2.45) is 5.10 Å². The molecule has 1 atom stereocenters. The van der Waals surface area contributed by atoms with E-state index in [9.17, 15) is 8.78 Å². The molecular weight excluding hydrogens is 272 g/mol. The first-order valence-corrected chi connectivity index (χ1v) is 5.97. The van der Waals surface area contributed by atoms with E-state index in [0.717, 1.165) is 12.1 Å². The second kappa shape index (κ2) is 7.75. The van der Waals surface area contributed by atoms with Gasteiger partial charge in [-0.1, -0.05) is 6.07 Å². The van der Waals surface area contributed by atoms with Gasteiger partial charge in [-0.05, 0) is 36.8 Å². The van der Waals surface area contributed by atoms with Crippen LogP contribution in [-0.2, 0) is 4.74 Å². The van der Waals surface area contributed by atoms with Crippen molar-refractivity contribution in [1.29, 1.82) is 0 Å². The highest BCUT2D eigenvalue weighted by atomic mass is 32.1. The van der Waals surface area contributed by atoms with Crippen LogP contribution in [0.4, 0.5) is 8.78 Å². The molecule has 0 aliphatic heterocycles. The summed E-state index contributed by atoms with van der Waals surface area (Å²) >= 11 is 4.98. The Balaban J connectivity index is 2.45. The SMILES string of the molecule is COC[C@H](C)NC(=S)N/N=C\c1ccc(F)c(F)c1. The number of ether oxygens (including phenoxy) is 1. The van der Waals surface area contributed by atoms with Gasteiger partial charge in [-0.2, -0.15) is 5.10 Å². The lowest BCUT2D eigenvalue weighted by molar-refractivity contribution is 0.179. The summed E-state index contributed by atoms with van der Waals surface area (Å²) in [5, 5.41) is 7.07. The van der Waals surface area contributed by atoms with Crippen molar-refractivity contribution in [2.75, 3.05) is 13.7 Å². The maximum atomic E-state index is 12.9. The summed E-state index contributed by atoms with van der Waals surface area (Å²) in [7, 11) is 1.59. The summed E-state index contributed by atoms with van der Waals surface area (Å²) in [5.41, 5.74) is 3.00. The van der Waals surface area contributed by atoms with Crippen molar-refractivity contribution in [2.45, 2.75) is 13.0 Å². The maximum Gasteiger partial charge on any atom is 0.187 e. The average Bonchev–Trinajstić information content (AvgIpc) is 2.34. The van der Waals surface area contributed by atoms with Crippen molar-refractivity contribution in [1.82, 2.24) is 10.7 Å². The third kappa shape index (κ3) is 5.71. The summed E-state index contributed by atoms with van der Waals surface area (Å²) < 4.78 is 30.5. The van der Waals surface area contributed by atoms with Crippen LogP contribution in [0, 0.1) is 11.6 Å². The summed E-state index contributed by atoms with van der Waals surface area (Å²) in [6.07, 6.45) is 1.34. The quantitative estimate of drug-likeness (QED) is 0.492. The second-order valence-corrected chi connectivity index (χ2v) is 4.28. The Morgan fingerprint density at radius 2 is 2.21 bits per heavy atom. The molecule has 0 amide bonds. The summed E-state index contributed by atoms with van der Waals surface area (Å²) in [5.74, 6) is -1.81. The van der Waals surface area contributed by atoms with Crippen LogP contribution in [0.3, 0.4) is 0 Å². The molecule has 0 saturated heterocycles. The Morgan fingerprint density at radius 3 is 2.84 bits per heavy atom. The molecule has 0 aromatic heterocycles. The molecular formula is C12H15F2N3OS. The molecule has 0 fully saturated rings. The summed E-state index contributed by atoms with van der Waals surface area (Å²) in [6.45, 7) is 2.41. The van der Waals surface area contributed by atoms with Gasteiger partial charge in [0.05, 0.1) is 12.8 Å². The van der Waals surface area contributed by atoms with Crippen molar-refractivity contribution >= 4 is 23.5 Å². The lowest BCUT2D eigenvalue weighted by Crippen LogP contribution is -2.40. The Morgan fingerprint density at radius 1 is 1.47 bits per heavy atom. The zero-order valence-corrected chi connectivity index (χ0v) is 11.4. The second-order valence-electron chi connectivity index (χ2n) is 3.87. The fourth-order valence-corrected chi connectivity index (χ4v) is 1.56. The molecule has 0 saturated carbocycles. The van der Waals surface area contributed by atoms with E-state index in [1.807, 2.05) is 6.92 Å². The van der Waals surface area contributed by atoms with Gasteiger partial charge in [0.1, 0.15) is 0 Å². The summed E-state index contributed by atoms with van der Waals surface area (Å²) in [6, 6.07) is 3.54. The Bertz CT molecular complexity index is 468.